The van der Waals surface area contributed by atoms with Gasteiger partial charge in [-0.3, -0.25) is 0 Å². The summed E-state index contributed by atoms with van der Waals surface area (Å²) in [6.07, 6.45) is 5.82. The maximum Gasteiger partial charge on any atom is 0.231 e. The van der Waals surface area contributed by atoms with Gasteiger partial charge in [0.05, 0.1) is 11.0 Å². The molecule has 5 rings (SSSR count). The second-order valence-corrected chi connectivity index (χ2v) is 7.33. The molecule has 1 saturated heterocycles. The van der Waals surface area contributed by atoms with Crippen LogP contribution in [0.5, 0.6) is 11.5 Å². The molecule has 6 heteroatoms. The van der Waals surface area contributed by atoms with E-state index in [1.54, 1.807) is 0 Å². The summed E-state index contributed by atoms with van der Waals surface area (Å²) in [5, 5.41) is 0. The van der Waals surface area contributed by atoms with E-state index in [4.69, 9.17) is 19.5 Å². The number of likely N-dealkylation sites (tertiary alicyclic amines) is 1. The van der Waals surface area contributed by atoms with Crippen LogP contribution in [0.3, 0.4) is 0 Å². The highest BCUT2D eigenvalue weighted by Crippen LogP contribution is 2.32. The van der Waals surface area contributed by atoms with E-state index >= 15 is 0 Å². The number of aromatic nitrogens is 2. The van der Waals surface area contributed by atoms with E-state index in [9.17, 15) is 0 Å². The molecule has 6 nitrogen and oxygen atoms in total. The lowest BCUT2D eigenvalue weighted by Gasteiger charge is -2.26. The van der Waals surface area contributed by atoms with Crippen LogP contribution < -0.4 is 9.47 Å². The van der Waals surface area contributed by atoms with Gasteiger partial charge in [0.25, 0.3) is 0 Å². The van der Waals surface area contributed by atoms with Crippen molar-refractivity contribution in [3.05, 3.63) is 48.0 Å². The second-order valence-electron chi connectivity index (χ2n) is 7.33. The van der Waals surface area contributed by atoms with Crippen molar-refractivity contribution in [2.45, 2.75) is 25.8 Å². The summed E-state index contributed by atoms with van der Waals surface area (Å²) in [7, 11) is 0. The van der Waals surface area contributed by atoms with Crippen LogP contribution in [0.1, 0.15) is 24.8 Å². The van der Waals surface area contributed by atoms with E-state index in [0.717, 1.165) is 47.1 Å². The van der Waals surface area contributed by atoms with Gasteiger partial charge in [-0.15, -0.1) is 0 Å². The van der Waals surface area contributed by atoms with Crippen LogP contribution in [-0.4, -0.2) is 47.1 Å². The van der Waals surface area contributed by atoms with Crippen molar-refractivity contribution in [1.29, 1.82) is 0 Å². The number of hydrogen-bond acceptors (Lipinski definition) is 5. The van der Waals surface area contributed by atoms with Gasteiger partial charge in [0, 0.05) is 19.3 Å². The fraction of sp³-hybridized carbons (Fsp3) is 0.364. The van der Waals surface area contributed by atoms with Gasteiger partial charge in [0.15, 0.2) is 11.5 Å². The minimum absolute atomic E-state index is 0.280. The Morgan fingerprint density at radius 2 is 1.82 bits per heavy atom. The van der Waals surface area contributed by atoms with E-state index in [0.29, 0.717) is 0 Å². The maximum absolute atomic E-state index is 5.46. The number of piperidine rings is 1. The molecule has 0 bridgehead atoms. The van der Waals surface area contributed by atoms with E-state index in [2.05, 4.69) is 21.6 Å². The molecule has 3 heterocycles. The Kier molecular flexibility index (Phi) is 4.71. The summed E-state index contributed by atoms with van der Waals surface area (Å²) in [5.41, 5.74) is 3.09. The van der Waals surface area contributed by atoms with E-state index < -0.39 is 0 Å². The Morgan fingerprint density at radius 3 is 2.75 bits per heavy atom. The normalized spacial score (nSPS) is 17.0. The number of ether oxygens (including phenoxy) is 2. The Bertz CT molecular complexity index is 1000. The largest absolute Gasteiger partial charge is 0.454 e. The Hall–Kier alpha value is -2.86. The van der Waals surface area contributed by atoms with Gasteiger partial charge in [-0.2, -0.15) is 0 Å². The molecule has 144 valence electrons. The number of nitrogens with zero attached hydrogens (tertiary/aromatic N) is 4. The van der Waals surface area contributed by atoms with Gasteiger partial charge in [-0.05, 0) is 61.8 Å². The quantitative estimate of drug-likeness (QED) is 0.632. The molecule has 1 fully saturated rings. The van der Waals surface area contributed by atoms with Crippen LogP contribution in [0.4, 0.5) is 5.95 Å². The predicted molar refractivity (Wildman–Crippen MR) is 110 cm³/mol. The third kappa shape index (κ3) is 3.47. The van der Waals surface area contributed by atoms with Crippen molar-refractivity contribution >= 4 is 23.2 Å². The third-order valence-electron chi connectivity index (χ3n) is 5.45. The molecular weight excluding hydrogens is 352 g/mol. The monoisotopic (exact) mass is 376 g/mol. The van der Waals surface area contributed by atoms with Gasteiger partial charge in [0.2, 0.25) is 12.7 Å². The number of benzene rings is 2. The molecule has 0 aliphatic carbocycles. The summed E-state index contributed by atoms with van der Waals surface area (Å²) in [6.45, 7) is 4.61. The number of aliphatic imine (C=N–C) groups is 1. The molecule has 3 aromatic rings. The van der Waals surface area contributed by atoms with Crippen LogP contribution in [0.25, 0.3) is 11.0 Å². The Morgan fingerprint density at radius 1 is 0.964 bits per heavy atom. The van der Waals surface area contributed by atoms with Gasteiger partial charge < -0.3 is 18.9 Å². The highest BCUT2D eigenvalue weighted by molar-refractivity contribution is 5.84. The first-order valence-electron chi connectivity index (χ1n) is 9.98. The van der Waals surface area contributed by atoms with E-state index in [-0.39, 0.29) is 6.79 Å². The zero-order valence-corrected chi connectivity index (χ0v) is 15.9. The molecule has 28 heavy (non-hydrogen) atoms. The van der Waals surface area contributed by atoms with Gasteiger partial charge in [-0.25, -0.2) is 9.98 Å². The van der Waals surface area contributed by atoms with Crippen molar-refractivity contribution in [3.8, 4) is 11.5 Å². The Balaban J connectivity index is 1.41. The molecule has 0 saturated carbocycles. The number of imidazole rings is 1. The van der Waals surface area contributed by atoms with Crippen LogP contribution in [0, 0.1) is 0 Å². The molecule has 2 aromatic carbocycles. The smallest absolute Gasteiger partial charge is 0.231 e. The molecular formula is C22H24N4O2. The highest BCUT2D eigenvalue weighted by atomic mass is 16.7. The lowest BCUT2D eigenvalue weighted by Crippen LogP contribution is -2.32. The first kappa shape index (κ1) is 17.3. The number of para-hydroxylation sites is 2. The summed E-state index contributed by atoms with van der Waals surface area (Å²) in [6, 6.07) is 14.1. The van der Waals surface area contributed by atoms with E-state index in [1.807, 2.05) is 36.5 Å². The van der Waals surface area contributed by atoms with Crippen molar-refractivity contribution < 1.29 is 9.47 Å². The molecule has 0 atom stereocenters. The lowest BCUT2D eigenvalue weighted by atomic mass is 10.1. The SMILES string of the molecule is C(=N\c1nc2ccccc2n1CCN1CCCCC1)/c1ccc2c(c1)OCO2. The van der Waals surface area contributed by atoms with E-state index in [1.165, 1.54) is 32.4 Å². The highest BCUT2D eigenvalue weighted by Gasteiger charge is 2.15. The molecule has 0 radical (unpaired) electrons. The predicted octanol–water partition coefficient (Wildman–Crippen LogP) is 4.00. The van der Waals surface area contributed by atoms with Gasteiger partial charge in [-0.1, -0.05) is 18.6 Å². The number of fused-ring (bicyclic) bond motifs is 2. The zero-order chi connectivity index (χ0) is 18.8. The second kappa shape index (κ2) is 7.64. The summed E-state index contributed by atoms with van der Waals surface area (Å²) < 4.78 is 13.1. The molecule has 2 aliphatic heterocycles. The molecule has 1 aromatic heterocycles. The van der Waals surface area contributed by atoms with Crippen LogP contribution in [-0.2, 0) is 6.54 Å². The minimum Gasteiger partial charge on any atom is -0.454 e. The topological polar surface area (TPSA) is 51.9 Å². The lowest BCUT2D eigenvalue weighted by molar-refractivity contribution is 0.174. The van der Waals surface area contributed by atoms with Gasteiger partial charge in [0.1, 0.15) is 0 Å². The standard InChI is InChI=1S/C22H24N4O2/c1-4-10-25(11-5-1)12-13-26-19-7-3-2-6-18(19)24-22(26)23-15-17-8-9-20-21(14-17)28-16-27-20/h2-3,6-9,14-15H,1,4-5,10-13,16H2/b23-15+. The third-order valence-corrected chi connectivity index (χ3v) is 5.45. The molecule has 0 spiro atoms. The average molecular weight is 376 g/mol. The van der Waals surface area contributed by atoms with Crippen molar-refractivity contribution in [2.75, 3.05) is 26.4 Å². The fourth-order valence-corrected chi connectivity index (χ4v) is 3.93. The van der Waals surface area contributed by atoms with Crippen LogP contribution in [0.15, 0.2) is 47.5 Å². The first-order chi connectivity index (χ1) is 13.9. The summed E-state index contributed by atoms with van der Waals surface area (Å²) >= 11 is 0. The molecule has 2 aliphatic rings. The molecule has 0 unspecified atom stereocenters. The summed E-state index contributed by atoms with van der Waals surface area (Å²) in [5.74, 6) is 2.30. The zero-order valence-electron chi connectivity index (χ0n) is 15.9. The van der Waals surface area contributed by atoms with Crippen molar-refractivity contribution in [3.63, 3.8) is 0 Å². The Labute approximate surface area is 164 Å². The number of rotatable bonds is 5. The number of hydrogen-bond donors (Lipinski definition) is 0. The van der Waals surface area contributed by atoms with Crippen LogP contribution >= 0.6 is 0 Å². The fourth-order valence-electron chi connectivity index (χ4n) is 3.93. The minimum atomic E-state index is 0.280. The van der Waals surface area contributed by atoms with Crippen molar-refractivity contribution in [2.24, 2.45) is 4.99 Å². The van der Waals surface area contributed by atoms with Crippen molar-refractivity contribution in [1.82, 2.24) is 14.5 Å². The van der Waals surface area contributed by atoms with Crippen LogP contribution in [0.2, 0.25) is 0 Å². The molecule has 0 N–H and O–H groups in total. The molecule has 0 amide bonds. The maximum atomic E-state index is 5.46. The first-order valence-corrected chi connectivity index (χ1v) is 9.98. The summed E-state index contributed by atoms with van der Waals surface area (Å²) in [4.78, 5) is 12.0. The van der Waals surface area contributed by atoms with Gasteiger partial charge >= 0.3 is 0 Å². The average Bonchev–Trinajstić information content (AvgIpc) is 3.35.